The van der Waals surface area contributed by atoms with Crippen LogP contribution in [-0.2, 0) is 17.8 Å². The molecule has 5 rings (SSSR count). The maximum atomic E-state index is 12.9. The molecule has 0 saturated heterocycles. The molecule has 1 amide bonds. The number of hydrogen-bond acceptors (Lipinski definition) is 6. The minimum atomic E-state index is -0.154. The van der Waals surface area contributed by atoms with Crippen LogP contribution in [0.3, 0.4) is 0 Å². The second-order valence-electron chi connectivity index (χ2n) is 8.66. The number of amides is 1. The third-order valence-corrected chi connectivity index (χ3v) is 8.12. The Hall–Kier alpha value is -2.74. The summed E-state index contributed by atoms with van der Waals surface area (Å²) in [4.78, 5) is 21.6. The fraction of sp³-hybridized carbons (Fsp3) is 0.308. The number of hydrogen-bond donors (Lipinski definition) is 1. The minimum Gasteiger partial charge on any atom is -0.484 e. The van der Waals surface area contributed by atoms with Crippen molar-refractivity contribution in [3.8, 4) is 16.3 Å². The highest BCUT2D eigenvalue weighted by molar-refractivity contribution is 7.22. The molecule has 1 aliphatic rings. The first-order chi connectivity index (χ1) is 16.0. The molecule has 0 bridgehead atoms. The lowest BCUT2D eigenvalue weighted by Gasteiger charge is -2.30. The number of para-hydroxylation sites is 1. The molecule has 0 fully saturated rings. The van der Waals surface area contributed by atoms with Crippen molar-refractivity contribution < 1.29 is 9.53 Å². The summed E-state index contributed by atoms with van der Waals surface area (Å²) in [6.07, 6.45) is 0.963. The third kappa shape index (κ3) is 4.67. The van der Waals surface area contributed by atoms with E-state index in [2.05, 4.69) is 30.1 Å². The second-order valence-corrected chi connectivity index (χ2v) is 10.8. The first-order valence-electron chi connectivity index (χ1n) is 11.2. The van der Waals surface area contributed by atoms with Crippen LogP contribution in [0, 0.1) is 6.92 Å². The lowest BCUT2D eigenvalue weighted by Crippen LogP contribution is -2.35. The van der Waals surface area contributed by atoms with Gasteiger partial charge in [0.05, 0.1) is 10.2 Å². The van der Waals surface area contributed by atoms with E-state index in [9.17, 15) is 4.79 Å². The fourth-order valence-electron chi connectivity index (χ4n) is 4.17. The standard InChI is InChI=1S/C26H27N3O2S2/c1-16(2)29-12-11-19-22(14-29)33-26(24(19)25-27-20-9-4-5-10-21(20)32-25)28-23(30)15-31-18-8-6-7-17(3)13-18/h4-10,13,16H,11-12,14-15H2,1-3H3,(H,28,30). The van der Waals surface area contributed by atoms with Gasteiger partial charge in [-0.2, -0.15) is 0 Å². The number of thiazole rings is 1. The van der Waals surface area contributed by atoms with Gasteiger partial charge >= 0.3 is 0 Å². The molecule has 0 saturated carbocycles. The van der Waals surface area contributed by atoms with Gasteiger partial charge in [0.2, 0.25) is 0 Å². The first kappa shape index (κ1) is 22.1. The zero-order chi connectivity index (χ0) is 22.9. The lowest BCUT2D eigenvalue weighted by molar-refractivity contribution is -0.118. The van der Waals surface area contributed by atoms with Crippen LogP contribution in [0.2, 0.25) is 0 Å². The quantitative estimate of drug-likeness (QED) is 0.364. The Labute approximate surface area is 202 Å². The summed E-state index contributed by atoms with van der Waals surface area (Å²) < 4.78 is 6.90. The van der Waals surface area contributed by atoms with Gasteiger partial charge in [-0.15, -0.1) is 22.7 Å². The van der Waals surface area contributed by atoms with Crippen molar-refractivity contribution in [2.24, 2.45) is 0 Å². The van der Waals surface area contributed by atoms with Crippen LogP contribution in [0.4, 0.5) is 5.00 Å². The Balaban J connectivity index is 1.45. The summed E-state index contributed by atoms with van der Waals surface area (Å²) in [5.41, 5.74) is 4.51. The molecular weight excluding hydrogens is 450 g/mol. The fourth-order valence-corrected chi connectivity index (χ4v) is 6.57. The van der Waals surface area contributed by atoms with Gasteiger partial charge in [-0.05, 0) is 62.6 Å². The maximum Gasteiger partial charge on any atom is 0.262 e. The number of nitrogens with one attached hydrogen (secondary N) is 1. The van der Waals surface area contributed by atoms with Gasteiger partial charge in [0, 0.05) is 29.6 Å². The Kier molecular flexibility index (Phi) is 6.19. The van der Waals surface area contributed by atoms with Crippen LogP contribution in [0.5, 0.6) is 5.75 Å². The molecule has 33 heavy (non-hydrogen) atoms. The highest BCUT2D eigenvalue weighted by Gasteiger charge is 2.28. The van der Waals surface area contributed by atoms with Crippen molar-refractivity contribution in [3.05, 3.63) is 64.5 Å². The summed E-state index contributed by atoms with van der Waals surface area (Å²) >= 11 is 3.37. The van der Waals surface area contributed by atoms with E-state index < -0.39 is 0 Å². The van der Waals surface area contributed by atoms with Crippen molar-refractivity contribution in [2.45, 2.75) is 39.8 Å². The van der Waals surface area contributed by atoms with E-state index >= 15 is 0 Å². The number of rotatable bonds is 6. The molecular formula is C26H27N3O2S2. The zero-order valence-corrected chi connectivity index (χ0v) is 20.7. The SMILES string of the molecule is Cc1cccc(OCC(=O)Nc2sc3c(c2-c2nc4ccccc4s2)CCN(C(C)C)C3)c1. The van der Waals surface area contributed by atoms with Crippen LogP contribution in [0.1, 0.15) is 29.9 Å². The predicted octanol–water partition coefficient (Wildman–Crippen LogP) is 6.12. The van der Waals surface area contributed by atoms with Crippen molar-refractivity contribution in [3.63, 3.8) is 0 Å². The number of anilines is 1. The summed E-state index contributed by atoms with van der Waals surface area (Å²) in [6, 6.07) is 16.4. The normalized spacial score (nSPS) is 13.9. The maximum absolute atomic E-state index is 12.9. The van der Waals surface area contributed by atoms with E-state index in [1.54, 1.807) is 22.7 Å². The van der Waals surface area contributed by atoms with Gasteiger partial charge in [0.15, 0.2) is 6.61 Å². The second kappa shape index (κ2) is 9.25. The molecule has 1 N–H and O–H groups in total. The average Bonchev–Trinajstić information content (AvgIpc) is 3.37. The predicted molar refractivity (Wildman–Crippen MR) is 137 cm³/mol. The van der Waals surface area contributed by atoms with E-state index in [1.807, 2.05) is 49.4 Å². The summed E-state index contributed by atoms with van der Waals surface area (Å²) in [5, 5.41) is 4.99. The molecule has 0 atom stereocenters. The number of ether oxygens (including phenoxy) is 1. The average molecular weight is 478 g/mol. The number of thiophene rings is 1. The molecule has 0 unspecified atom stereocenters. The smallest absolute Gasteiger partial charge is 0.262 e. The number of benzene rings is 2. The van der Waals surface area contributed by atoms with Crippen LogP contribution in [0.25, 0.3) is 20.8 Å². The number of nitrogens with zero attached hydrogens (tertiary/aromatic N) is 2. The zero-order valence-electron chi connectivity index (χ0n) is 19.1. The molecule has 2 aromatic carbocycles. The van der Waals surface area contributed by atoms with E-state index in [-0.39, 0.29) is 12.5 Å². The molecule has 0 spiro atoms. The first-order valence-corrected chi connectivity index (χ1v) is 12.8. The highest BCUT2D eigenvalue weighted by atomic mass is 32.1. The summed E-state index contributed by atoms with van der Waals surface area (Å²) in [5.74, 6) is 0.549. The largest absolute Gasteiger partial charge is 0.484 e. The molecule has 0 radical (unpaired) electrons. The van der Waals surface area contributed by atoms with Gasteiger partial charge in [-0.25, -0.2) is 4.98 Å². The molecule has 170 valence electrons. The minimum absolute atomic E-state index is 0.0244. The van der Waals surface area contributed by atoms with Gasteiger partial charge < -0.3 is 10.1 Å². The third-order valence-electron chi connectivity index (χ3n) is 5.94. The number of carbonyl (C=O) groups is 1. The molecule has 2 aromatic heterocycles. The lowest BCUT2D eigenvalue weighted by atomic mass is 10.0. The molecule has 3 heterocycles. The number of aryl methyl sites for hydroxylation is 1. The van der Waals surface area contributed by atoms with E-state index in [0.717, 1.165) is 50.9 Å². The Bertz CT molecular complexity index is 1280. The van der Waals surface area contributed by atoms with E-state index in [4.69, 9.17) is 9.72 Å². The number of fused-ring (bicyclic) bond motifs is 2. The molecule has 4 aromatic rings. The molecule has 5 nitrogen and oxygen atoms in total. The van der Waals surface area contributed by atoms with Crippen LogP contribution >= 0.6 is 22.7 Å². The highest BCUT2D eigenvalue weighted by Crippen LogP contribution is 2.45. The summed E-state index contributed by atoms with van der Waals surface area (Å²) in [7, 11) is 0. The van der Waals surface area contributed by atoms with Crippen LogP contribution in [0.15, 0.2) is 48.5 Å². The van der Waals surface area contributed by atoms with E-state index in [0.29, 0.717) is 11.8 Å². The van der Waals surface area contributed by atoms with Gasteiger partial charge in [-0.1, -0.05) is 24.3 Å². The van der Waals surface area contributed by atoms with Crippen LogP contribution < -0.4 is 10.1 Å². The number of aromatic nitrogens is 1. The molecule has 0 aliphatic carbocycles. The summed E-state index contributed by atoms with van der Waals surface area (Å²) in [6.45, 7) is 8.38. The van der Waals surface area contributed by atoms with Gasteiger partial charge in [-0.3, -0.25) is 9.69 Å². The van der Waals surface area contributed by atoms with Crippen molar-refractivity contribution in [1.29, 1.82) is 0 Å². The monoisotopic (exact) mass is 477 g/mol. The Morgan fingerprint density at radius 2 is 2.03 bits per heavy atom. The molecule has 7 heteroatoms. The Morgan fingerprint density at radius 3 is 2.82 bits per heavy atom. The van der Waals surface area contributed by atoms with E-state index in [1.165, 1.54) is 10.4 Å². The van der Waals surface area contributed by atoms with Gasteiger partial charge in [0.1, 0.15) is 15.8 Å². The topological polar surface area (TPSA) is 54.5 Å². The molecule has 1 aliphatic heterocycles. The Morgan fingerprint density at radius 1 is 1.18 bits per heavy atom. The van der Waals surface area contributed by atoms with Crippen molar-refractivity contribution in [1.82, 2.24) is 9.88 Å². The number of carbonyl (C=O) groups excluding carboxylic acids is 1. The van der Waals surface area contributed by atoms with Crippen molar-refractivity contribution >= 4 is 43.8 Å². The van der Waals surface area contributed by atoms with Crippen LogP contribution in [-0.4, -0.2) is 35.0 Å². The van der Waals surface area contributed by atoms with Gasteiger partial charge in [0.25, 0.3) is 5.91 Å². The van der Waals surface area contributed by atoms with Crippen molar-refractivity contribution in [2.75, 3.05) is 18.5 Å².